The van der Waals surface area contributed by atoms with Gasteiger partial charge in [-0.05, 0) is 43.5 Å². The Kier molecular flexibility index (Phi) is 5.75. The van der Waals surface area contributed by atoms with E-state index < -0.39 is 11.7 Å². The summed E-state index contributed by atoms with van der Waals surface area (Å²) in [5.74, 6) is -2.00. The molecule has 1 fully saturated rings. The molecule has 23 heavy (non-hydrogen) atoms. The summed E-state index contributed by atoms with van der Waals surface area (Å²) in [7, 11) is 2.00. The van der Waals surface area contributed by atoms with Crippen molar-refractivity contribution in [3.05, 3.63) is 29.8 Å². The van der Waals surface area contributed by atoms with E-state index in [1.165, 1.54) is 0 Å². The largest absolute Gasteiger partial charge is 0.375 e. The van der Waals surface area contributed by atoms with Crippen LogP contribution < -0.4 is 4.90 Å². The van der Waals surface area contributed by atoms with Crippen molar-refractivity contribution in [3.8, 4) is 6.07 Å². The lowest BCUT2D eigenvalue weighted by molar-refractivity contribution is -0.131. The van der Waals surface area contributed by atoms with Crippen LogP contribution in [-0.2, 0) is 4.79 Å². The number of hydrogen-bond donors (Lipinski definition) is 0. The van der Waals surface area contributed by atoms with E-state index in [2.05, 4.69) is 11.8 Å². The van der Waals surface area contributed by atoms with Crippen molar-refractivity contribution < 1.29 is 9.59 Å². The summed E-state index contributed by atoms with van der Waals surface area (Å²) >= 11 is 0. The third-order valence-electron chi connectivity index (χ3n) is 4.21. The molecular formula is C18H23N3O2. The smallest absolute Gasteiger partial charge is 0.247 e. The van der Waals surface area contributed by atoms with Crippen molar-refractivity contribution in [1.29, 1.82) is 5.26 Å². The maximum atomic E-state index is 12.5. The van der Waals surface area contributed by atoms with Crippen LogP contribution in [-0.4, -0.2) is 43.3 Å². The number of anilines is 1. The summed E-state index contributed by atoms with van der Waals surface area (Å²) in [6.45, 7) is 4.33. The lowest BCUT2D eigenvalue weighted by atomic mass is 9.97. The van der Waals surface area contributed by atoms with Crippen LogP contribution in [0.15, 0.2) is 24.3 Å². The number of nitrogens with zero attached hydrogens (tertiary/aromatic N) is 3. The molecule has 0 aliphatic carbocycles. The molecule has 1 aromatic rings. The van der Waals surface area contributed by atoms with Gasteiger partial charge in [-0.1, -0.05) is 6.92 Å². The van der Waals surface area contributed by atoms with Gasteiger partial charge in [0.25, 0.3) is 0 Å². The van der Waals surface area contributed by atoms with Crippen LogP contribution in [0.3, 0.4) is 0 Å². The number of Topliss-reactive ketones (excluding diaryl/α,β-unsaturated/α-hetero) is 1. The van der Waals surface area contributed by atoms with E-state index in [4.69, 9.17) is 0 Å². The zero-order valence-corrected chi connectivity index (χ0v) is 13.8. The molecule has 5 nitrogen and oxygen atoms in total. The topological polar surface area (TPSA) is 64.4 Å². The van der Waals surface area contributed by atoms with Gasteiger partial charge in [0, 0.05) is 37.9 Å². The molecule has 0 aromatic heterocycles. The molecule has 0 N–H and O–H groups in total. The average Bonchev–Trinajstić information content (AvgIpc) is 3.10. The molecule has 0 bridgehead atoms. The molecule has 0 saturated carbocycles. The molecule has 0 radical (unpaired) electrons. The van der Waals surface area contributed by atoms with Gasteiger partial charge in [-0.2, -0.15) is 5.26 Å². The highest BCUT2D eigenvalue weighted by molar-refractivity contribution is 6.12. The van der Waals surface area contributed by atoms with E-state index in [9.17, 15) is 14.9 Å². The second-order valence-corrected chi connectivity index (χ2v) is 5.93. The fraction of sp³-hybridized carbons (Fsp3) is 0.500. The van der Waals surface area contributed by atoms with Gasteiger partial charge >= 0.3 is 0 Å². The molecular weight excluding hydrogens is 290 g/mol. The Labute approximate surface area is 137 Å². The second-order valence-electron chi connectivity index (χ2n) is 5.93. The Morgan fingerprint density at radius 1 is 1.26 bits per heavy atom. The van der Waals surface area contributed by atoms with Gasteiger partial charge in [-0.25, -0.2) is 0 Å². The molecule has 1 aliphatic heterocycles. The molecule has 2 rings (SSSR count). The number of likely N-dealkylation sites (tertiary alicyclic amines) is 1. The first-order valence-electron chi connectivity index (χ1n) is 8.12. The van der Waals surface area contributed by atoms with Crippen LogP contribution in [0.1, 0.15) is 36.5 Å². The highest BCUT2D eigenvalue weighted by Crippen LogP contribution is 2.19. The summed E-state index contributed by atoms with van der Waals surface area (Å²) in [6, 6.07) is 9.00. The van der Waals surface area contributed by atoms with Gasteiger partial charge in [0.2, 0.25) is 5.91 Å². The van der Waals surface area contributed by atoms with Gasteiger partial charge in [-0.15, -0.1) is 0 Å². The van der Waals surface area contributed by atoms with Crippen molar-refractivity contribution >= 4 is 17.4 Å². The monoisotopic (exact) mass is 313 g/mol. The molecule has 1 aliphatic rings. The van der Waals surface area contributed by atoms with E-state index in [0.29, 0.717) is 18.7 Å². The molecule has 1 aromatic carbocycles. The fourth-order valence-corrected chi connectivity index (χ4v) is 2.86. The Bertz CT molecular complexity index is 598. The van der Waals surface area contributed by atoms with Crippen LogP contribution >= 0.6 is 0 Å². The second kappa shape index (κ2) is 7.77. The number of ketones is 1. The minimum absolute atomic E-state index is 0.359. The fourth-order valence-electron chi connectivity index (χ4n) is 2.86. The van der Waals surface area contributed by atoms with E-state index >= 15 is 0 Å². The lowest BCUT2D eigenvalue weighted by Crippen LogP contribution is -2.37. The van der Waals surface area contributed by atoms with E-state index in [1.807, 2.05) is 25.2 Å². The first-order chi connectivity index (χ1) is 11.1. The molecule has 0 spiro atoms. The third-order valence-corrected chi connectivity index (χ3v) is 4.21. The molecule has 122 valence electrons. The molecule has 0 unspecified atom stereocenters. The highest BCUT2D eigenvalue weighted by Gasteiger charge is 2.32. The summed E-state index contributed by atoms with van der Waals surface area (Å²) in [4.78, 5) is 28.5. The summed E-state index contributed by atoms with van der Waals surface area (Å²) < 4.78 is 0. The molecule has 1 amide bonds. The number of carbonyl (C=O) groups excluding carboxylic acids is 2. The van der Waals surface area contributed by atoms with Crippen molar-refractivity contribution in [2.24, 2.45) is 5.92 Å². The van der Waals surface area contributed by atoms with Crippen LogP contribution in [0.2, 0.25) is 0 Å². The Morgan fingerprint density at radius 3 is 2.39 bits per heavy atom. The quantitative estimate of drug-likeness (QED) is 0.598. The number of benzene rings is 1. The molecule has 1 saturated heterocycles. The first-order valence-corrected chi connectivity index (χ1v) is 8.12. The number of carbonyl (C=O) groups is 2. The third kappa shape index (κ3) is 3.89. The standard InChI is InChI=1S/C18H23N3O2/c1-3-10-20(2)15-8-6-14(7-9-15)17(22)16(13-19)18(23)21-11-4-5-12-21/h6-9,16H,3-5,10-12H2,1-2H3/t16-/m1/s1. The van der Waals surface area contributed by atoms with Crippen LogP contribution in [0.25, 0.3) is 0 Å². The van der Waals surface area contributed by atoms with Crippen molar-refractivity contribution in [2.45, 2.75) is 26.2 Å². The van der Waals surface area contributed by atoms with Crippen molar-refractivity contribution in [2.75, 3.05) is 31.6 Å². The number of rotatable bonds is 6. The Morgan fingerprint density at radius 2 is 1.87 bits per heavy atom. The van der Waals surface area contributed by atoms with Crippen LogP contribution in [0.5, 0.6) is 0 Å². The Hall–Kier alpha value is -2.35. The van der Waals surface area contributed by atoms with Crippen molar-refractivity contribution in [3.63, 3.8) is 0 Å². The predicted molar refractivity (Wildman–Crippen MR) is 89.3 cm³/mol. The van der Waals surface area contributed by atoms with E-state index in [-0.39, 0.29) is 5.91 Å². The van der Waals surface area contributed by atoms with Crippen molar-refractivity contribution in [1.82, 2.24) is 4.90 Å². The molecule has 5 heteroatoms. The molecule has 1 heterocycles. The van der Waals surface area contributed by atoms with Crippen LogP contribution in [0.4, 0.5) is 5.69 Å². The highest BCUT2D eigenvalue weighted by atomic mass is 16.2. The van der Waals surface area contributed by atoms with Gasteiger partial charge < -0.3 is 9.80 Å². The lowest BCUT2D eigenvalue weighted by Gasteiger charge is -2.19. The zero-order chi connectivity index (χ0) is 16.8. The summed E-state index contributed by atoms with van der Waals surface area (Å²) in [6.07, 6.45) is 2.92. The molecule has 1 atom stereocenters. The SMILES string of the molecule is CCCN(C)c1ccc(C(=O)[C@@H](C#N)C(=O)N2CCCC2)cc1. The average molecular weight is 313 g/mol. The van der Waals surface area contributed by atoms with E-state index in [1.54, 1.807) is 17.0 Å². The predicted octanol–water partition coefficient (Wildman–Crippen LogP) is 2.48. The van der Waals surface area contributed by atoms with E-state index in [0.717, 1.165) is 31.5 Å². The minimum Gasteiger partial charge on any atom is -0.375 e. The number of hydrogen-bond acceptors (Lipinski definition) is 4. The van der Waals surface area contributed by atoms with Gasteiger partial charge in [0.15, 0.2) is 11.7 Å². The minimum atomic E-state index is -1.23. The van der Waals surface area contributed by atoms with Gasteiger partial charge in [0.1, 0.15) is 0 Å². The summed E-state index contributed by atoms with van der Waals surface area (Å²) in [5.41, 5.74) is 1.43. The van der Waals surface area contributed by atoms with Crippen LogP contribution in [0, 0.1) is 17.2 Å². The first kappa shape index (κ1) is 17.0. The van der Waals surface area contributed by atoms with Gasteiger partial charge in [0.05, 0.1) is 6.07 Å². The van der Waals surface area contributed by atoms with Gasteiger partial charge in [-0.3, -0.25) is 9.59 Å². The zero-order valence-electron chi connectivity index (χ0n) is 13.8. The Balaban J connectivity index is 2.11. The number of nitriles is 1. The number of amides is 1. The maximum absolute atomic E-state index is 12.5. The maximum Gasteiger partial charge on any atom is 0.247 e. The normalized spacial score (nSPS) is 15.1. The summed E-state index contributed by atoms with van der Waals surface area (Å²) in [5, 5.41) is 9.27.